The molecule has 0 saturated carbocycles. The Hall–Kier alpha value is -2.99. The van der Waals surface area contributed by atoms with Crippen molar-refractivity contribution in [3.63, 3.8) is 0 Å². The number of esters is 1. The highest BCUT2D eigenvalue weighted by Gasteiger charge is 2.13. The SMILES string of the molecule is COc1ccc(OC)c(/C=C/C(=O)OCC(=O)N[C@H](C)c2ccccc2Cl)c1. The minimum atomic E-state index is -0.648. The predicted octanol–water partition coefficient (Wildman–Crippen LogP) is 3.79. The van der Waals surface area contributed by atoms with Crippen molar-refractivity contribution in [1.29, 1.82) is 0 Å². The Bertz CT molecular complexity index is 866. The molecule has 148 valence electrons. The average Bonchev–Trinajstić information content (AvgIpc) is 2.70. The highest BCUT2D eigenvalue weighted by atomic mass is 35.5. The van der Waals surface area contributed by atoms with Crippen LogP contribution in [0.1, 0.15) is 24.1 Å². The van der Waals surface area contributed by atoms with Crippen molar-refractivity contribution in [3.8, 4) is 11.5 Å². The smallest absolute Gasteiger partial charge is 0.331 e. The number of hydrogen-bond acceptors (Lipinski definition) is 5. The topological polar surface area (TPSA) is 73.9 Å². The molecule has 0 aliphatic heterocycles. The molecule has 0 aliphatic rings. The van der Waals surface area contributed by atoms with Gasteiger partial charge in [0.15, 0.2) is 6.61 Å². The number of benzene rings is 2. The molecule has 0 unspecified atom stereocenters. The summed E-state index contributed by atoms with van der Waals surface area (Å²) >= 11 is 6.11. The van der Waals surface area contributed by atoms with Crippen molar-refractivity contribution < 1.29 is 23.8 Å². The molecule has 1 atom stereocenters. The van der Waals surface area contributed by atoms with E-state index in [0.717, 1.165) is 5.56 Å². The summed E-state index contributed by atoms with van der Waals surface area (Å²) in [6.07, 6.45) is 2.76. The highest BCUT2D eigenvalue weighted by molar-refractivity contribution is 6.31. The first-order valence-electron chi connectivity index (χ1n) is 8.55. The van der Waals surface area contributed by atoms with Gasteiger partial charge in [0, 0.05) is 16.7 Å². The molecule has 28 heavy (non-hydrogen) atoms. The van der Waals surface area contributed by atoms with Crippen molar-refractivity contribution in [3.05, 3.63) is 64.7 Å². The molecule has 0 bridgehead atoms. The number of carbonyl (C=O) groups is 2. The van der Waals surface area contributed by atoms with Gasteiger partial charge in [-0.1, -0.05) is 29.8 Å². The highest BCUT2D eigenvalue weighted by Crippen LogP contribution is 2.25. The zero-order chi connectivity index (χ0) is 20.5. The molecule has 0 spiro atoms. The van der Waals surface area contributed by atoms with Gasteiger partial charge in [0.1, 0.15) is 11.5 Å². The number of nitrogens with one attached hydrogen (secondary N) is 1. The maximum absolute atomic E-state index is 12.0. The lowest BCUT2D eigenvalue weighted by Crippen LogP contribution is -2.31. The van der Waals surface area contributed by atoms with E-state index in [9.17, 15) is 9.59 Å². The molecule has 2 rings (SSSR count). The molecule has 0 saturated heterocycles. The number of amides is 1. The summed E-state index contributed by atoms with van der Waals surface area (Å²) in [5.74, 6) is 0.136. The summed E-state index contributed by atoms with van der Waals surface area (Å²) in [4.78, 5) is 23.9. The first-order chi connectivity index (χ1) is 13.4. The van der Waals surface area contributed by atoms with E-state index < -0.39 is 18.5 Å². The third-order valence-corrected chi connectivity index (χ3v) is 4.27. The quantitative estimate of drug-likeness (QED) is 0.536. The Kier molecular flexibility index (Phi) is 7.89. The van der Waals surface area contributed by atoms with Crippen LogP contribution in [0.25, 0.3) is 6.08 Å². The molecular weight excluding hydrogens is 382 g/mol. The van der Waals surface area contributed by atoms with Crippen LogP contribution in [0.3, 0.4) is 0 Å². The summed E-state index contributed by atoms with van der Waals surface area (Å²) in [6, 6.07) is 12.1. The Labute approximate surface area is 169 Å². The summed E-state index contributed by atoms with van der Waals surface area (Å²) < 4.78 is 15.4. The van der Waals surface area contributed by atoms with E-state index in [4.69, 9.17) is 25.8 Å². The number of ether oxygens (including phenoxy) is 3. The standard InChI is InChI=1S/C21H22ClNO5/c1-14(17-6-4-5-7-18(17)22)23-20(24)13-28-21(25)11-8-15-12-16(26-2)9-10-19(15)27-3/h4-12,14H,13H2,1-3H3,(H,23,24)/b11-8+/t14-/m1/s1. The lowest BCUT2D eigenvalue weighted by atomic mass is 10.1. The molecule has 0 fully saturated rings. The molecule has 0 radical (unpaired) electrons. The third-order valence-electron chi connectivity index (χ3n) is 3.93. The molecule has 0 heterocycles. The van der Waals surface area contributed by atoms with Gasteiger partial charge in [-0.2, -0.15) is 0 Å². The van der Waals surface area contributed by atoms with Gasteiger partial charge in [-0.3, -0.25) is 4.79 Å². The fourth-order valence-electron chi connectivity index (χ4n) is 2.50. The molecule has 0 aliphatic carbocycles. The van der Waals surface area contributed by atoms with Gasteiger partial charge in [-0.15, -0.1) is 0 Å². The van der Waals surface area contributed by atoms with Crippen molar-refractivity contribution in [2.75, 3.05) is 20.8 Å². The Morgan fingerprint density at radius 2 is 1.89 bits per heavy atom. The molecule has 1 N–H and O–H groups in total. The van der Waals surface area contributed by atoms with Crippen LogP contribution in [-0.2, 0) is 14.3 Å². The van der Waals surface area contributed by atoms with Gasteiger partial charge in [0.2, 0.25) is 0 Å². The first kappa shape index (κ1) is 21.3. The second-order valence-corrected chi connectivity index (χ2v) is 6.27. The van der Waals surface area contributed by atoms with Crippen LogP contribution >= 0.6 is 11.6 Å². The number of methoxy groups -OCH3 is 2. The number of rotatable bonds is 8. The number of halogens is 1. The van der Waals surface area contributed by atoms with Crippen LogP contribution in [0.2, 0.25) is 5.02 Å². The van der Waals surface area contributed by atoms with Crippen molar-refractivity contribution in [1.82, 2.24) is 5.32 Å². The summed E-state index contributed by atoms with van der Waals surface area (Å²) in [7, 11) is 3.08. The molecule has 2 aromatic carbocycles. The van der Waals surface area contributed by atoms with Gasteiger partial charge in [0.05, 0.1) is 20.3 Å². The first-order valence-corrected chi connectivity index (χ1v) is 8.93. The molecule has 1 amide bonds. The monoisotopic (exact) mass is 403 g/mol. The van der Waals surface area contributed by atoms with Crippen LogP contribution in [0, 0.1) is 0 Å². The number of hydrogen-bond donors (Lipinski definition) is 1. The van der Waals surface area contributed by atoms with Crippen molar-refractivity contribution in [2.45, 2.75) is 13.0 Å². The van der Waals surface area contributed by atoms with E-state index in [-0.39, 0.29) is 6.04 Å². The zero-order valence-corrected chi connectivity index (χ0v) is 16.7. The molecule has 0 aromatic heterocycles. The molecule has 2 aromatic rings. The zero-order valence-electron chi connectivity index (χ0n) is 15.9. The van der Waals surface area contributed by atoms with Gasteiger partial charge < -0.3 is 19.5 Å². The van der Waals surface area contributed by atoms with Gasteiger partial charge >= 0.3 is 5.97 Å². The Morgan fingerprint density at radius 3 is 2.57 bits per heavy atom. The lowest BCUT2D eigenvalue weighted by Gasteiger charge is -2.15. The van der Waals surface area contributed by atoms with Crippen LogP contribution in [0.4, 0.5) is 0 Å². The minimum absolute atomic E-state index is 0.309. The van der Waals surface area contributed by atoms with Crippen LogP contribution in [0.5, 0.6) is 11.5 Å². The van der Waals surface area contributed by atoms with Crippen LogP contribution < -0.4 is 14.8 Å². The Morgan fingerprint density at radius 1 is 1.14 bits per heavy atom. The third kappa shape index (κ3) is 6.03. The maximum Gasteiger partial charge on any atom is 0.331 e. The minimum Gasteiger partial charge on any atom is -0.497 e. The fraction of sp³-hybridized carbons (Fsp3) is 0.238. The van der Waals surface area contributed by atoms with E-state index in [0.29, 0.717) is 22.1 Å². The fourth-order valence-corrected chi connectivity index (χ4v) is 2.80. The normalized spacial score (nSPS) is 11.7. The van der Waals surface area contributed by atoms with Crippen LogP contribution in [-0.4, -0.2) is 32.7 Å². The summed E-state index contributed by atoms with van der Waals surface area (Å²) in [6.45, 7) is 1.41. The summed E-state index contributed by atoms with van der Waals surface area (Å²) in [5, 5.41) is 3.30. The lowest BCUT2D eigenvalue weighted by molar-refractivity contribution is -0.144. The number of carbonyl (C=O) groups excluding carboxylic acids is 2. The molecule has 6 nitrogen and oxygen atoms in total. The average molecular weight is 404 g/mol. The van der Waals surface area contributed by atoms with Gasteiger partial charge in [-0.05, 0) is 42.8 Å². The van der Waals surface area contributed by atoms with E-state index in [1.54, 1.807) is 38.3 Å². The van der Waals surface area contributed by atoms with Gasteiger partial charge in [-0.25, -0.2) is 4.79 Å². The second-order valence-electron chi connectivity index (χ2n) is 5.86. The van der Waals surface area contributed by atoms with Gasteiger partial charge in [0.25, 0.3) is 5.91 Å². The maximum atomic E-state index is 12.0. The van der Waals surface area contributed by atoms with E-state index in [1.807, 2.05) is 18.2 Å². The molecule has 7 heteroatoms. The van der Waals surface area contributed by atoms with Crippen LogP contribution in [0.15, 0.2) is 48.5 Å². The largest absolute Gasteiger partial charge is 0.497 e. The van der Waals surface area contributed by atoms with Crippen molar-refractivity contribution in [2.24, 2.45) is 0 Å². The predicted molar refractivity (Wildman–Crippen MR) is 108 cm³/mol. The van der Waals surface area contributed by atoms with E-state index >= 15 is 0 Å². The molecular formula is C21H22ClNO5. The summed E-state index contributed by atoms with van der Waals surface area (Å²) in [5.41, 5.74) is 1.43. The van der Waals surface area contributed by atoms with E-state index in [2.05, 4.69) is 5.32 Å². The van der Waals surface area contributed by atoms with E-state index in [1.165, 1.54) is 19.3 Å². The second kappa shape index (κ2) is 10.4. The van der Waals surface area contributed by atoms with Crippen molar-refractivity contribution >= 4 is 29.6 Å². The Balaban J connectivity index is 1.89.